The number of nitrogens with zero attached hydrogens (tertiary/aromatic N) is 4. The van der Waals surface area contributed by atoms with Crippen LogP contribution in [0.4, 0.5) is 9.83 Å². The molecule has 2 unspecified atom stereocenters. The predicted molar refractivity (Wildman–Crippen MR) is 82.0 cm³/mol. The number of halogens is 1. The highest BCUT2D eigenvalue weighted by Crippen LogP contribution is 2.27. The SMILES string of the molecule is O=C1CC(CS(=O)(=O)F)CN1C1CCCN(c2ncccn2)C1. The Hall–Kier alpha value is -1.77. The van der Waals surface area contributed by atoms with Gasteiger partial charge in [0, 0.05) is 50.4 Å². The highest BCUT2D eigenvalue weighted by atomic mass is 32.3. The first-order valence-electron chi connectivity index (χ1n) is 7.66. The molecule has 2 atom stereocenters. The lowest BCUT2D eigenvalue weighted by Crippen LogP contribution is -2.49. The minimum Gasteiger partial charge on any atom is -0.339 e. The van der Waals surface area contributed by atoms with Gasteiger partial charge in [0.15, 0.2) is 0 Å². The van der Waals surface area contributed by atoms with Crippen LogP contribution in [0.15, 0.2) is 18.5 Å². The molecular formula is C14H19FN4O3S. The van der Waals surface area contributed by atoms with Crippen LogP contribution in [-0.4, -0.2) is 60.6 Å². The Morgan fingerprint density at radius 1 is 1.26 bits per heavy atom. The average molecular weight is 342 g/mol. The van der Waals surface area contributed by atoms with Gasteiger partial charge in [0.05, 0.1) is 5.75 Å². The summed E-state index contributed by atoms with van der Waals surface area (Å²) in [6.07, 6.45) is 5.20. The normalized spacial score (nSPS) is 25.9. The molecular weight excluding hydrogens is 323 g/mol. The fraction of sp³-hybridized carbons (Fsp3) is 0.643. The largest absolute Gasteiger partial charge is 0.339 e. The molecule has 7 nitrogen and oxygen atoms in total. The number of amides is 1. The molecule has 3 rings (SSSR count). The van der Waals surface area contributed by atoms with Crippen LogP contribution in [0.3, 0.4) is 0 Å². The summed E-state index contributed by atoms with van der Waals surface area (Å²) in [5, 5.41) is 0. The van der Waals surface area contributed by atoms with E-state index in [2.05, 4.69) is 9.97 Å². The number of hydrogen-bond acceptors (Lipinski definition) is 6. The number of carbonyl (C=O) groups excluding carboxylic acids is 1. The molecule has 23 heavy (non-hydrogen) atoms. The second kappa shape index (κ2) is 6.38. The number of aromatic nitrogens is 2. The van der Waals surface area contributed by atoms with Gasteiger partial charge in [-0.15, -0.1) is 3.89 Å². The van der Waals surface area contributed by atoms with Crippen molar-refractivity contribution in [2.24, 2.45) is 5.92 Å². The van der Waals surface area contributed by atoms with Gasteiger partial charge in [-0.3, -0.25) is 4.79 Å². The maximum Gasteiger partial charge on any atom is 0.302 e. The van der Waals surface area contributed by atoms with E-state index in [0.717, 1.165) is 19.4 Å². The fourth-order valence-corrected chi connectivity index (χ4v) is 4.19. The van der Waals surface area contributed by atoms with E-state index in [4.69, 9.17) is 0 Å². The number of anilines is 1. The van der Waals surface area contributed by atoms with Crippen molar-refractivity contribution in [3.05, 3.63) is 18.5 Å². The Morgan fingerprint density at radius 3 is 2.70 bits per heavy atom. The minimum atomic E-state index is -4.55. The van der Waals surface area contributed by atoms with Crippen LogP contribution >= 0.6 is 0 Å². The first-order valence-corrected chi connectivity index (χ1v) is 9.21. The van der Waals surface area contributed by atoms with Crippen LogP contribution in [0.25, 0.3) is 0 Å². The Kier molecular flexibility index (Phi) is 4.47. The molecule has 1 amide bonds. The first-order chi connectivity index (χ1) is 10.9. The number of piperidine rings is 1. The van der Waals surface area contributed by atoms with Crippen LogP contribution in [0.2, 0.25) is 0 Å². The molecule has 0 radical (unpaired) electrons. The van der Waals surface area contributed by atoms with E-state index >= 15 is 0 Å². The van der Waals surface area contributed by atoms with Gasteiger partial charge in [-0.25, -0.2) is 9.97 Å². The Labute approximate surface area is 134 Å². The van der Waals surface area contributed by atoms with Gasteiger partial charge < -0.3 is 9.80 Å². The van der Waals surface area contributed by atoms with Crippen molar-refractivity contribution in [1.82, 2.24) is 14.9 Å². The number of rotatable bonds is 4. The number of likely N-dealkylation sites (tertiary alicyclic amines) is 1. The zero-order valence-electron chi connectivity index (χ0n) is 12.6. The summed E-state index contributed by atoms with van der Waals surface area (Å²) in [5.41, 5.74) is 0. The van der Waals surface area contributed by atoms with Crippen LogP contribution < -0.4 is 4.90 Å². The smallest absolute Gasteiger partial charge is 0.302 e. The van der Waals surface area contributed by atoms with Gasteiger partial charge in [0.1, 0.15) is 0 Å². The third-order valence-electron chi connectivity index (χ3n) is 4.35. The van der Waals surface area contributed by atoms with E-state index in [9.17, 15) is 17.1 Å². The van der Waals surface area contributed by atoms with E-state index in [1.54, 1.807) is 23.4 Å². The molecule has 126 valence electrons. The second-order valence-corrected chi connectivity index (χ2v) is 7.52. The topological polar surface area (TPSA) is 83.5 Å². The molecule has 3 heterocycles. The molecule has 2 fully saturated rings. The summed E-state index contributed by atoms with van der Waals surface area (Å²) in [4.78, 5) is 24.4. The minimum absolute atomic E-state index is 0.00706. The van der Waals surface area contributed by atoms with Gasteiger partial charge in [-0.1, -0.05) is 0 Å². The van der Waals surface area contributed by atoms with Gasteiger partial charge in [0.2, 0.25) is 11.9 Å². The third-order valence-corrected chi connectivity index (χ3v) is 5.22. The Bertz CT molecular complexity index is 670. The monoisotopic (exact) mass is 342 g/mol. The summed E-state index contributed by atoms with van der Waals surface area (Å²) in [7, 11) is -4.55. The zero-order chi connectivity index (χ0) is 16.4. The van der Waals surface area contributed by atoms with Crippen molar-refractivity contribution in [1.29, 1.82) is 0 Å². The van der Waals surface area contributed by atoms with E-state index in [1.807, 2.05) is 4.90 Å². The maximum atomic E-state index is 12.8. The second-order valence-electron chi connectivity index (χ2n) is 6.11. The first kappa shape index (κ1) is 16.1. The molecule has 1 aromatic heterocycles. The van der Waals surface area contributed by atoms with E-state index in [0.29, 0.717) is 19.0 Å². The maximum absolute atomic E-state index is 12.8. The Balaban J connectivity index is 1.66. The molecule has 0 bridgehead atoms. The van der Waals surface area contributed by atoms with E-state index in [-0.39, 0.29) is 18.4 Å². The highest BCUT2D eigenvalue weighted by molar-refractivity contribution is 7.86. The predicted octanol–water partition coefficient (Wildman–Crippen LogP) is 0.593. The van der Waals surface area contributed by atoms with Crippen LogP contribution in [0, 0.1) is 5.92 Å². The molecule has 2 aliphatic heterocycles. The van der Waals surface area contributed by atoms with Gasteiger partial charge in [-0.05, 0) is 18.9 Å². The molecule has 1 aromatic rings. The van der Waals surface area contributed by atoms with Crippen molar-refractivity contribution in [3.8, 4) is 0 Å². The highest BCUT2D eigenvalue weighted by Gasteiger charge is 2.38. The molecule has 0 spiro atoms. The van der Waals surface area contributed by atoms with E-state index in [1.165, 1.54) is 0 Å². The van der Waals surface area contributed by atoms with Gasteiger partial charge in [0.25, 0.3) is 0 Å². The molecule has 0 N–H and O–H groups in total. The molecule has 2 saturated heterocycles. The van der Waals surface area contributed by atoms with Crippen LogP contribution in [-0.2, 0) is 15.0 Å². The van der Waals surface area contributed by atoms with Crippen molar-refractivity contribution in [2.75, 3.05) is 30.3 Å². The summed E-state index contributed by atoms with van der Waals surface area (Å²) >= 11 is 0. The standard InChI is InChI=1S/C14H19FN4O3S/c15-23(21,22)10-11-7-13(20)19(8-11)12-3-1-6-18(9-12)14-16-4-2-5-17-14/h2,4-5,11-12H,1,3,6-10H2. The van der Waals surface area contributed by atoms with Crippen LogP contribution in [0.5, 0.6) is 0 Å². The molecule has 0 aromatic carbocycles. The van der Waals surface area contributed by atoms with Crippen LogP contribution in [0.1, 0.15) is 19.3 Å². The number of carbonyl (C=O) groups is 1. The lowest BCUT2D eigenvalue weighted by molar-refractivity contribution is -0.129. The molecule has 2 aliphatic rings. The average Bonchev–Trinajstić information content (AvgIpc) is 2.87. The molecule has 0 saturated carbocycles. The summed E-state index contributed by atoms with van der Waals surface area (Å²) < 4.78 is 34.4. The molecule has 9 heteroatoms. The van der Waals surface area contributed by atoms with Gasteiger partial charge in [-0.2, -0.15) is 8.42 Å². The molecule has 0 aliphatic carbocycles. The lowest BCUT2D eigenvalue weighted by Gasteiger charge is -2.37. The van der Waals surface area contributed by atoms with Crippen molar-refractivity contribution in [2.45, 2.75) is 25.3 Å². The summed E-state index contributed by atoms with van der Waals surface area (Å²) in [6, 6.07) is 1.74. The zero-order valence-corrected chi connectivity index (χ0v) is 13.5. The van der Waals surface area contributed by atoms with Crippen molar-refractivity contribution < 1.29 is 17.1 Å². The third kappa shape index (κ3) is 3.95. The Morgan fingerprint density at radius 2 is 2.00 bits per heavy atom. The van der Waals surface area contributed by atoms with Crippen molar-refractivity contribution in [3.63, 3.8) is 0 Å². The summed E-state index contributed by atoms with van der Waals surface area (Å²) in [5.74, 6) is -0.500. The number of hydrogen-bond donors (Lipinski definition) is 0. The quantitative estimate of drug-likeness (QED) is 0.745. The van der Waals surface area contributed by atoms with Crippen molar-refractivity contribution >= 4 is 22.1 Å². The fourth-order valence-electron chi connectivity index (χ4n) is 3.40. The summed E-state index contributed by atoms with van der Waals surface area (Å²) in [6.45, 7) is 1.74. The lowest BCUT2D eigenvalue weighted by atomic mass is 10.0. The van der Waals surface area contributed by atoms with Gasteiger partial charge >= 0.3 is 10.2 Å². The van der Waals surface area contributed by atoms with E-state index < -0.39 is 21.9 Å².